The van der Waals surface area contributed by atoms with E-state index in [1.54, 1.807) is 0 Å². The van der Waals surface area contributed by atoms with Gasteiger partial charge in [-0.15, -0.1) is 0 Å². The lowest BCUT2D eigenvalue weighted by atomic mass is 9.41. The van der Waals surface area contributed by atoms with Crippen LogP contribution in [0.5, 0.6) is 0 Å². The summed E-state index contributed by atoms with van der Waals surface area (Å²) in [5.41, 5.74) is 1.83. The van der Waals surface area contributed by atoms with Crippen LogP contribution in [0.1, 0.15) is 33.6 Å². The summed E-state index contributed by atoms with van der Waals surface area (Å²) in [5.74, 6) is 6.23. The van der Waals surface area contributed by atoms with Crippen LogP contribution in [0.15, 0.2) is 11.6 Å². The zero-order valence-corrected chi connectivity index (χ0v) is 8.96. The van der Waals surface area contributed by atoms with Gasteiger partial charge in [-0.3, -0.25) is 0 Å². The summed E-state index contributed by atoms with van der Waals surface area (Å²) in [4.78, 5) is 0. The van der Waals surface area contributed by atoms with E-state index >= 15 is 0 Å². The highest BCUT2D eigenvalue weighted by Crippen LogP contribution is 2.69. The Morgan fingerprint density at radius 3 is 2.69 bits per heavy atom. The Morgan fingerprint density at radius 2 is 2.00 bits per heavy atom. The molecule has 0 aromatic carbocycles. The third-order valence-electron chi connectivity index (χ3n) is 5.10. The summed E-state index contributed by atoms with van der Waals surface area (Å²) in [5, 5.41) is 0. The maximum absolute atomic E-state index is 2.49. The van der Waals surface area contributed by atoms with Gasteiger partial charge in [0, 0.05) is 0 Å². The molecule has 0 N–H and O–H groups in total. The van der Waals surface area contributed by atoms with Crippen LogP contribution in [0.4, 0.5) is 0 Å². The van der Waals surface area contributed by atoms with Crippen LogP contribution in [0.3, 0.4) is 0 Å². The number of rotatable bonds is 0. The first-order valence-electron chi connectivity index (χ1n) is 5.90. The molecule has 0 radical (unpaired) electrons. The summed E-state index contributed by atoms with van der Waals surface area (Å²) >= 11 is 0. The highest BCUT2D eigenvalue weighted by atomic mass is 14.7. The fraction of sp³-hybridized carbons (Fsp3) is 0.846. The first-order valence-corrected chi connectivity index (χ1v) is 5.90. The van der Waals surface area contributed by atoms with Crippen molar-refractivity contribution in [3.63, 3.8) is 0 Å². The summed E-state index contributed by atoms with van der Waals surface area (Å²) < 4.78 is 0. The molecule has 4 saturated carbocycles. The van der Waals surface area contributed by atoms with E-state index in [1.807, 2.05) is 5.57 Å². The van der Waals surface area contributed by atoms with E-state index in [-0.39, 0.29) is 0 Å². The molecule has 0 saturated heterocycles. The first-order chi connectivity index (χ1) is 6.24. The van der Waals surface area contributed by atoms with Crippen molar-refractivity contribution >= 4 is 0 Å². The van der Waals surface area contributed by atoms with Gasteiger partial charge >= 0.3 is 0 Å². The molecule has 4 bridgehead atoms. The largest absolute Gasteiger partial charge is 0.0879 e. The molecule has 0 amide bonds. The van der Waals surface area contributed by atoms with Crippen molar-refractivity contribution < 1.29 is 0 Å². The average Bonchev–Trinajstić information content (AvgIpc) is 2.36. The fourth-order valence-corrected chi connectivity index (χ4v) is 4.57. The van der Waals surface area contributed by atoms with Crippen LogP contribution in [0.2, 0.25) is 0 Å². The van der Waals surface area contributed by atoms with E-state index in [0.717, 1.165) is 35.5 Å². The van der Waals surface area contributed by atoms with Crippen molar-refractivity contribution in [3.8, 4) is 0 Å². The molecule has 72 valence electrons. The predicted molar refractivity (Wildman–Crippen MR) is 55.3 cm³/mol. The fourth-order valence-electron chi connectivity index (χ4n) is 4.57. The van der Waals surface area contributed by atoms with Crippen molar-refractivity contribution in [2.24, 2.45) is 35.5 Å². The molecule has 0 aliphatic heterocycles. The summed E-state index contributed by atoms with van der Waals surface area (Å²) in [7, 11) is 0. The molecule has 0 aromatic rings. The summed E-state index contributed by atoms with van der Waals surface area (Å²) in [6.45, 7) is 7.19. The average molecular weight is 176 g/mol. The van der Waals surface area contributed by atoms with E-state index in [2.05, 4.69) is 26.8 Å². The lowest BCUT2D eigenvalue weighted by Crippen LogP contribution is -2.57. The second kappa shape index (κ2) is 2.40. The molecule has 4 fully saturated rings. The standard InChI is InChI=1S/C13H20/c1-4-9-11-6-7(2)5-10-8(3)12(11)13(9)10/h4,7-8,10-13H,5-6H2,1-3H3. The van der Waals surface area contributed by atoms with Crippen molar-refractivity contribution in [1.82, 2.24) is 0 Å². The van der Waals surface area contributed by atoms with E-state index < -0.39 is 0 Å². The SMILES string of the molecule is CC=C1C2CC(C)CC3C(C)C2C13. The molecule has 13 heavy (non-hydrogen) atoms. The highest BCUT2D eigenvalue weighted by Gasteiger charge is 2.62. The van der Waals surface area contributed by atoms with Crippen LogP contribution in [-0.4, -0.2) is 0 Å². The van der Waals surface area contributed by atoms with Gasteiger partial charge in [0.1, 0.15) is 0 Å². The van der Waals surface area contributed by atoms with Gasteiger partial charge in [-0.05, 0) is 55.3 Å². The topological polar surface area (TPSA) is 0 Å². The van der Waals surface area contributed by atoms with E-state index in [0.29, 0.717) is 0 Å². The third kappa shape index (κ3) is 0.782. The lowest BCUT2D eigenvalue weighted by Gasteiger charge is -2.63. The van der Waals surface area contributed by atoms with Gasteiger partial charge in [-0.2, -0.15) is 0 Å². The second-order valence-electron chi connectivity index (χ2n) is 5.60. The molecule has 4 aliphatic carbocycles. The molecule has 4 aliphatic rings. The Bertz CT molecular complexity index is 263. The molecular formula is C13H20. The van der Waals surface area contributed by atoms with Crippen molar-refractivity contribution in [1.29, 1.82) is 0 Å². The van der Waals surface area contributed by atoms with E-state index in [4.69, 9.17) is 0 Å². The van der Waals surface area contributed by atoms with Crippen LogP contribution in [0, 0.1) is 35.5 Å². The molecule has 4 rings (SSSR count). The van der Waals surface area contributed by atoms with Crippen molar-refractivity contribution in [3.05, 3.63) is 11.6 Å². The Morgan fingerprint density at radius 1 is 1.23 bits per heavy atom. The van der Waals surface area contributed by atoms with Gasteiger partial charge in [0.15, 0.2) is 0 Å². The second-order valence-corrected chi connectivity index (χ2v) is 5.60. The van der Waals surface area contributed by atoms with Gasteiger partial charge < -0.3 is 0 Å². The molecule has 6 atom stereocenters. The van der Waals surface area contributed by atoms with E-state index in [9.17, 15) is 0 Å². The minimum Gasteiger partial charge on any atom is -0.0879 e. The van der Waals surface area contributed by atoms with Gasteiger partial charge in [0.25, 0.3) is 0 Å². The minimum absolute atomic E-state index is 0.991. The maximum atomic E-state index is 2.49. The zero-order valence-electron chi connectivity index (χ0n) is 8.96. The van der Waals surface area contributed by atoms with Crippen LogP contribution < -0.4 is 0 Å². The number of hydrogen-bond donors (Lipinski definition) is 0. The van der Waals surface area contributed by atoms with Gasteiger partial charge in [0.05, 0.1) is 0 Å². The van der Waals surface area contributed by atoms with Gasteiger partial charge in [0.2, 0.25) is 0 Å². The van der Waals surface area contributed by atoms with Gasteiger partial charge in [-0.25, -0.2) is 0 Å². The Hall–Kier alpha value is -0.260. The number of fused-ring (bicyclic) bond motifs is 2. The van der Waals surface area contributed by atoms with Crippen LogP contribution >= 0.6 is 0 Å². The highest BCUT2D eigenvalue weighted by molar-refractivity contribution is 5.32. The molecule has 0 aromatic heterocycles. The summed E-state index contributed by atoms with van der Waals surface area (Å²) in [6, 6.07) is 0. The third-order valence-corrected chi connectivity index (χ3v) is 5.10. The quantitative estimate of drug-likeness (QED) is 0.496. The Labute approximate surface area is 81.4 Å². The van der Waals surface area contributed by atoms with Crippen LogP contribution in [0.25, 0.3) is 0 Å². The van der Waals surface area contributed by atoms with E-state index in [1.165, 1.54) is 12.8 Å². The van der Waals surface area contributed by atoms with Gasteiger partial charge in [-0.1, -0.05) is 25.5 Å². The van der Waals surface area contributed by atoms with Crippen molar-refractivity contribution in [2.75, 3.05) is 0 Å². The number of hydrogen-bond acceptors (Lipinski definition) is 0. The minimum atomic E-state index is 0.991. The smallest absolute Gasteiger partial charge is 0.0133 e. The molecule has 6 unspecified atom stereocenters. The lowest BCUT2D eigenvalue weighted by molar-refractivity contribution is -0.0700. The first kappa shape index (κ1) is 8.08. The zero-order chi connectivity index (χ0) is 9.16. The summed E-state index contributed by atoms with van der Waals surface area (Å²) in [6.07, 6.45) is 5.42. The molecule has 0 spiro atoms. The molecular weight excluding hydrogens is 156 g/mol. The van der Waals surface area contributed by atoms with Crippen molar-refractivity contribution in [2.45, 2.75) is 33.6 Å². The molecule has 0 heteroatoms. The normalized spacial score (nSPS) is 61.0. The monoisotopic (exact) mass is 176 g/mol. The Balaban J connectivity index is 1.95. The van der Waals surface area contributed by atoms with Crippen LogP contribution in [-0.2, 0) is 0 Å². The molecule has 0 nitrogen and oxygen atoms in total. The Kier molecular flexibility index (Phi) is 1.49. The maximum Gasteiger partial charge on any atom is -0.0133 e. The predicted octanol–water partition coefficient (Wildman–Crippen LogP) is 3.49. The number of allylic oxidation sites excluding steroid dienone is 2. The molecule has 0 heterocycles.